The van der Waals surface area contributed by atoms with Crippen molar-refractivity contribution in [2.24, 2.45) is 5.92 Å². The quantitative estimate of drug-likeness (QED) is 0.870. The van der Waals surface area contributed by atoms with Crippen molar-refractivity contribution in [1.82, 2.24) is 9.88 Å². The van der Waals surface area contributed by atoms with Crippen LogP contribution in [-0.2, 0) is 6.54 Å². The third-order valence-corrected chi connectivity index (χ3v) is 3.70. The summed E-state index contributed by atoms with van der Waals surface area (Å²) in [4.78, 5) is 12.0. The van der Waals surface area contributed by atoms with Crippen LogP contribution in [0, 0.1) is 5.92 Å². The standard InChI is InChI=1S/C14H20F2N2O2/c15-13(16)9-18-6-2-5-12(18)14(20)17-8-10-3-1-4-11(19)7-10/h2,5-6,10-11,13,19H,1,3-4,7-9H2,(H,17,20). The zero-order valence-electron chi connectivity index (χ0n) is 11.3. The zero-order valence-corrected chi connectivity index (χ0v) is 11.3. The van der Waals surface area contributed by atoms with Crippen LogP contribution in [0.5, 0.6) is 0 Å². The predicted molar refractivity (Wildman–Crippen MR) is 70.7 cm³/mol. The molecule has 0 spiro atoms. The second kappa shape index (κ2) is 6.83. The fourth-order valence-electron chi connectivity index (χ4n) is 2.70. The first-order chi connectivity index (χ1) is 9.56. The number of hydrogen-bond acceptors (Lipinski definition) is 2. The van der Waals surface area contributed by atoms with Gasteiger partial charge in [0.15, 0.2) is 0 Å². The Morgan fingerprint density at radius 2 is 2.30 bits per heavy atom. The summed E-state index contributed by atoms with van der Waals surface area (Å²) in [6.07, 6.45) is 2.17. The lowest BCUT2D eigenvalue weighted by molar-refractivity contribution is 0.0858. The number of rotatable bonds is 5. The fourth-order valence-corrected chi connectivity index (χ4v) is 2.70. The van der Waals surface area contributed by atoms with Crippen LogP contribution >= 0.6 is 0 Å². The van der Waals surface area contributed by atoms with Gasteiger partial charge in [-0.2, -0.15) is 0 Å². The lowest BCUT2D eigenvalue weighted by atomic mass is 9.87. The average Bonchev–Trinajstić information content (AvgIpc) is 2.83. The molecule has 2 rings (SSSR count). The molecule has 4 nitrogen and oxygen atoms in total. The van der Waals surface area contributed by atoms with Crippen molar-refractivity contribution < 1.29 is 18.7 Å². The van der Waals surface area contributed by atoms with Gasteiger partial charge in [0.05, 0.1) is 12.6 Å². The minimum atomic E-state index is -2.48. The normalized spacial score (nSPS) is 23.0. The van der Waals surface area contributed by atoms with Crippen LogP contribution < -0.4 is 5.32 Å². The predicted octanol–water partition coefficient (Wildman–Crippen LogP) is 2.03. The van der Waals surface area contributed by atoms with Crippen molar-refractivity contribution in [2.75, 3.05) is 6.54 Å². The summed E-state index contributed by atoms with van der Waals surface area (Å²) in [6.45, 7) is 0.00759. The molecule has 1 saturated carbocycles. The van der Waals surface area contributed by atoms with E-state index in [0.29, 0.717) is 13.0 Å². The number of nitrogens with one attached hydrogen (secondary N) is 1. The van der Waals surface area contributed by atoms with Crippen molar-refractivity contribution in [3.05, 3.63) is 24.0 Å². The SMILES string of the molecule is O=C(NCC1CCCC(O)C1)c1cccn1CC(F)F. The third-order valence-electron chi connectivity index (χ3n) is 3.70. The molecule has 0 aliphatic heterocycles. The molecule has 2 atom stereocenters. The second-order valence-corrected chi connectivity index (χ2v) is 5.33. The monoisotopic (exact) mass is 286 g/mol. The highest BCUT2D eigenvalue weighted by atomic mass is 19.3. The van der Waals surface area contributed by atoms with Crippen LogP contribution in [0.2, 0.25) is 0 Å². The number of halogens is 2. The van der Waals surface area contributed by atoms with Crippen LogP contribution in [0.25, 0.3) is 0 Å². The van der Waals surface area contributed by atoms with Gasteiger partial charge in [0.25, 0.3) is 12.3 Å². The summed E-state index contributed by atoms with van der Waals surface area (Å²) < 4.78 is 26.0. The van der Waals surface area contributed by atoms with Crippen molar-refractivity contribution in [1.29, 1.82) is 0 Å². The minimum absolute atomic E-state index is 0.252. The molecule has 1 aliphatic rings. The molecule has 1 amide bonds. The van der Waals surface area contributed by atoms with Crippen molar-refractivity contribution in [3.63, 3.8) is 0 Å². The number of carbonyl (C=O) groups is 1. The molecule has 0 bridgehead atoms. The highest BCUT2D eigenvalue weighted by Crippen LogP contribution is 2.23. The number of aromatic nitrogens is 1. The Kier molecular flexibility index (Phi) is 5.11. The molecule has 6 heteroatoms. The molecule has 1 aromatic heterocycles. The molecule has 2 N–H and O–H groups in total. The Hall–Kier alpha value is -1.43. The Balaban J connectivity index is 1.87. The van der Waals surface area contributed by atoms with Gasteiger partial charge in [-0.3, -0.25) is 4.79 Å². The van der Waals surface area contributed by atoms with E-state index in [2.05, 4.69) is 5.32 Å². The summed E-state index contributed by atoms with van der Waals surface area (Å²) in [6, 6.07) is 3.12. The molecular formula is C14H20F2N2O2. The molecule has 0 saturated heterocycles. The third kappa shape index (κ3) is 4.03. The van der Waals surface area contributed by atoms with E-state index in [1.165, 1.54) is 16.8 Å². The van der Waals surface area contributed by atoms with E-state index in [1.807, 2.05) is 0 Å². The van der Waals surface area contributed by atoms with Gasteiger partial charge in [-0.15, -0.1) is 0 Å². The van der Waals surface area contributed by atoms with Crippen molar-refractivity contribution >= 4 is 5.91 Å². The number of aliphatic hydroxyl groups is 1. The van der Waals surface area contributed by atoms with Gasteiger partial charge in [-0.05, 0) is 37.3 Å². The topological polar surface area (TPSA) is 54.3 Å². The number of carbonyl (C=O) groups excluding carboxylic acids is 1. The van der Waals surface area contributed by atoms with E-state index in [1.54, 1.807) is 6.07 Å². The Morgan fingerprint density at radius 1 is 1.50 bits per heavy atom. The van der Waals surface area contributed by atoms with E-state index >= 15 is 0 Å². The van der Waals surface area contributed by atoms with Crippen LogP contribution in [0.3, 0.4) is 0 Å². The molecule has 1 aromatic rings. The van der Waals surface area contributed by atoms with Crippen molar-refractivity contribution in [2.45, 2.75) is 44.8 Å². The molecule has 20 heavy (non-hydrogen) atoms. The van der Waals surface area contributed by atoms with Gasteiger partial charge < -0.3 is 15.0 Å². The number of nitrogens with zero attached hydrogens (tertiary/aromatic N) is 1. The van der Waals surface area contributed by atoms with Gasteiger partial charge >= 0.3 is 0 Å². The second-order valence-electron chi connectivity index (χ2n) is 5.33. The number of amides is 1. The molecule has 1 fully saturated rings. The largest absolute Gasteiger partial charge is 0.393 e. The molecule has 1 aliphatic carbocycles. The highest BCUT2D eigenvalue weighted by molar-refractivity contribution is 5.92. The van der Waals surface area contributed by atoms with E-state index in [0.717, 1.165) is 19.3 Å². The number of alkyl halides is 2. The minimum Gasteiger partial charge on any atom is -0.393 e. The average molecular weight is 286 g/mol. The van der Waals surface area contributed by atoms with E-state index in [-0.39, 0.29) is 23.6 Å². The van der Waals surface area contributed by atoms with Crippen LogP contribution in [0.1, 0.15) is 36.2 Å². The van der Waals surface area contributed by atoms with Crippen LogP contribution in [0.15, 0.2) is 18.3 Å². The maximum absolute atomic E-state index is 12.4. The maximum atomic E-state index is 12.4. The summed E-state index contributed by atoms with van der Waals surface area (Å²) in [5.41, 5.74) is 0.252. The van der Waals surface area contributed by atoms with E-state index < -0.39 is 13.0 Å². The molecule has 0 radical (unpaired) electrons. The van der Waals surface area contributed by atoms with Crippen LogP contribution in [0.4, 0.5) is 8.78 Å². The summed E-state index contributed by atoms with van der Waals surface area (Å²) >= 11 is 0. The summed E-state index contributed by atoms with van der Waals surface area (Å²) in [5, 5.41) is 12.3. The first-order valence-electron chi connectivity index (χ1n) is 6.96. The maximum Gasteiger partial charge on any atom is 0.267 e. The number of hydrogen-bond donors (Lipinski definition) is 2. The Bertz CT molecular complexity index is 448. The van der Waals surface area contributed by atoms with Gasteiger partial charge in [-0.25, -0.2) is 8.78 Å². The molecule has 112 valence electrons. The molecule has 2 unspecified atom stereocenters. The highest BCUT2D eigenvalue weighted by Gasteiger charge is 2.21. The van der Waals surface area contributed by atoms with E-state index in [9.17, 15) is 18.7 Å². The van der Waals surface area contributed by atoms with Gasteiger partial charge in [0.1, 0.15) is 5.69 Å². The number of aliphatic hydroxyl groups excluding tert-OH is 1. The van der Waals surface area contributed by atoms with Gasteiger partial charge in [-0.1, -0.05) is 6.42 Å². The van der Waals surface area contributed by atoms with Gasteiger partial charge in [0, 0.05) is 12.7 Å². The smallest absolute Gasteiger partial charge is 0.267 e. The molecular weight excluding hydrogens is 266 g/mol. The fraction of sp³-hybridized carbons (Fsp3) is 0.643. The molecule has 0 aromatic carbocycles. The van der Waals surface area contributed by atoms with Crippen molar-refractivity contribution in [3.8, 4) is 0 Å². The molecule has 1 heterocycles. The lowest BCUT2D eigenvalue weighted by Crippen LogP contribution is -2.34. The summed E-state index contributed by atoms with van der Waals surface area (Å²) in [5.74, 6) is -0.0723. The first-order valence-corrected chi connectivity index (χ1v) is 6.96. The summed E-state index contributed by atoms with van der Waals surface area (Å²) in [7, 11) is 0. The van der Waals surface area contributed by atoms with Crippen LogP contribution in [-0.4, -0.2) is 34.7 Å². The van der Waals surface area contributed by atoms with Gasteiger partial charge in [0.2, 0.25) is 0 Å². The first kappa shape index (κ1) is 15.0. The Morgan fingerprint density at radius 3 is 3.00 bits per heavy atom. The van der Waals surface area contributed by atoms with E-state index in [4.69, 9.17) is 0 Å². The Labute approximate surface area is 116 Å². The lowest BCUT2D eigenvalue weighted by Gasteiger charge is -2.25. The zero-order chi connectivity index (χ0) is 14.5.